The van der Waals surface area contributed by atoms with Gasteiger partial charge in [-0.25, -0.2) is 4.79 Å². The maximum Gasteiger partial charge on any atom is 0.339 e. The summed E-state index contributed by atoms with van der Waals surface area (Å²) in [5.74, 6) is 2.50. The lowest BCUT2D eigenvalue weighted by Gasteiger charge is -2.54. The van der Waals surface area contributed by atoms with E-state index in [2.05, 4.69) is 5.32 Å². The van der Waals surface area contributed by atoms with Crippen LogP contribution in [0.2, 0.25) is 0 Å². The van der Waals surface area contributed by atoms with Crippen molar-refractivity contribution in [2.45, 2.75) is 57.1 Å². The molecule has 0 radical (unpaired) electrons. The molecule has 1 amide bonds. The molecule has 6 rings (SSSR count). The second-order valence-electron chi connectivity index (χ2n) is 8.88. The number of hydrogen-bond acceptors (Lipinski definition) is 3. The molecule has 1 atom stereocenters. The Kier molecular flexibility index (Phi) is 3.28. The molecule has 4 nitrogen and oxygen atoms in total. The molecule has 1 aromatic carbocycles. The number of amides is 1. The quantitative estimate of drug-likeness (QED) is 0.843. The molecular weight excluding hydrogens is 314 g/mol. The van der Waals surface area contributed by atoms with Crippen molar-refractivity contribution in [2.75, 3.05) is 0 Å². The fraction of sp³-hybridized carbons (Fsp3) is 0.619. The average molecular weight is 339 g/mol. The Morgan fingerprint density at radius 1 is 1.08 bits per heavy atom. The molecule has 1 N–H and O–H groups in total. The van der Waals surface area contributed by atoms with E-state index in [1.165, 1.54) is 32.1 Å². The molecule has 1 unspecified atom stereocenters. The number of cyclic esters (lactones) is 1. The molecule has 4 saturated carbocycles. The zero-order valence-corrected chi connectivity index (χ0v) is 14.7. The Labute approximate surface area is 148 Å². The summed E-state index contributed by atoms with van der Waals surface area (Å²) in [5.41, 5.74) is 0.393. The Balaban J connectivity index is 1.35. The van der Waals surface area contributed by atoms with Crippen LogP contribution in [-0.2, 0) is 16.0 Å². The van der Waals surface area contributed by atoms with E-state index in [4.69, 9.17) is 4.74 Å². The molecule has 5 aliphatic rings. The highest BCUT2D eigenvalue weighted by Gasteiger charge is 2.51. The van der Waals surface area contributed by atoms with Crippen LogP contribution >= 0.6 is 0 Å². The highest BCUT2D eigenvalue weighted by Crippen LogP contribution is 2.53. The van der Waals surface area contributed by atoms with Crippen molar-refractivity contribution in [3.05, 3.63) is 35.4 Å². The predicted octanol–water partition coefficient (Wildman–Crippen LogP) is 3.10. The van der Waals surface area contributed by atoms with E-state index >= 15 is 0 Å². The average Bonchev–Trinajstić information content (AvgIpc) is 2.57. The van der Waals surface area contributed by atoms with E-state index in [0.29, 0.717) is 23.8 Å². The Morgan fingerprint density at radius 2 is 1.72 bits per heavy atom. The molecule has 0 saturated heterocycles. The zero-order valence-electron chi connectivity index (χ0n) is 14.7. The van der Waals surface area contributed by atoms with Gasteiger partial charge in [0.25, 0.3) is 5.91 Å². The number of benzene rings is 1. The Hall–Kier alpha value is -1.84. The molecule has 1 heterocycles. The van der Waals surface area contributed by atoms with E-state index in [1.807, 2.05) is 18.2 Å². The van der Waals surface area contributed by atoms with Crippen LogP contribution in [0.3, 0.4) is 0 Å². The molecule has 4 aliphatic carbocycles. The van der Waals surface area contributed by atoms with Crippen molar-refractivity contribution in [3.63, 3.8) is 0 Å². The summed E-state index contributed by atoms with van der Waals surface area (Å²) in [6.07, 6.45) is 6.90. The molecule has 4 bridgehead atoms. The zero-order chi connectivity index (χ0) is 17.2. The fourth-order valence-corrected chi connectivity index (χ4v) is 6.12. The van der Waals surface area contributed by atoms with E-state index < -0.39 is 5.60 Å². The minimum absolute atomic E-state index is 0.118. The molecular formula is C21H25NO3. The van der Waals surface area contributed by atoms with Gasteiger partial charge in [-0.05, 0) is 74.3 Å². The van der Waals surface area contributed by atoms with Crippen LogP contribution < -0.4 is 5.32 Å². The highest BCUT2D eigenvalue weighted by atomic mass is 16.6. The number of carbonyl (C=O) groups excluding carboxylic acids is 2. The minimum Gasteiger partial charge on any atom is -0.445 e. The maximum absolute atomic E-state index is 13.1. The second-order valence-corrected chi connectivity index (χ2v) is 8.88. The van der Waals surface area contributed by atoms with Crippen molar-refractivity contribution < 1.29 is 14.3 Å². The van der Waals surface area contributed by atoms with Crippen molar-refractivity contribution >= 4 is 11.9 Å². The van der Waals surface area contributed by atoms with Gasteiger partial charge in [-0.3, -0.25) is 4.79 Å². The predicted molar refractivity (Wildman–Crippen MR) is 92.9 cm³/mol. The maximum atomic E-state index is 13.1. The van der Waals surface area contributed by atoms with Gasteiger partial charge in [0.2, 0.25) is 0 Å². The first-order valence-electron chi connectivity index (χ1n) is 9.64. The van der Waals surface area contributed by atoms with Crippen molar-refractivity contribution in [1.82, 2.24) is 5.32 Å². The van der Waals surface area contributed by atoms with E-state index in [0.717, 1.165) is 17.4 Å². The molecule has 1 aromatic rings. The molecule has 1 aliphatic heterocycles. The third kappa shape index (κ3) is 2.41. The van der Waals surface area contributed by atoms with Crippen LogP contribution in [0.25, 0.3) is 0 Å². The fourth-order valence-electron chi connectivity index (χ4n) is 6.12. The van der Waals surface area contributed by atoms with Gasteiger partial charge in [-0.2, -0.15) is 0 Å². The van der Waals surface area contributed by atoms with Gasteiger partial charge >= 0.3 is 5.97 Å². The standard InChI is InChI=1S/C21H25NO3/c1-21(11-14-4-2-3-5-17(14)19(23)25-21)20(24)22-18-15-7-12-6-13(9-15)10-16(18)8-12/h2-5,12-13,15-16,18H,6-11H2,1H3,(H,22,24). The molecule has 4 heteroatoms. The van der Waals surface area contributed by atoms with Gasteiger partial charge in [0, 0.05) is 12.5 Å². The van der Waals surface area contributed by atoms with Gasteiger partial charge in [0.1, 0.15) is 0 Å². The third-order valence-electron chi connectivity index (χ3n) is 7.09. The van der Waals surface area contributed by atoms with Gasteiger partial charge in [0.05, 0.1) is 5.56 Å². The summed E-state index contributed by atoms with van der Waals surface area (Å²) in [6.45, 7) is 1.76. The molecule has 25 heavy (non-hydrogen) atoms. The summed E-state index contributed by atoms with van der Waals surface area (Å²) < 4.78 is 5.60. The van der Waals surface area contributed by atoms with Gasteiger partial charge in [0.15, 0.2) is 5.60 Å². The smallest absolute Gasteiger partial charge is 0.339 e. The molecule has 0 spiro atoms. The normalized spacial score (nSPS) is 41.2. The van der Waals surface area contributed by atoms with Gasteiger partial charge in [-0.1, -0.05) is 18.2 Å². The number of carbonyl (C=O) groups is 2. The highest BCUT2D eigenvalue weighted by molar-refractivity contribution is 5.97. The third-order valence-corrected chi connectivity index (χ3v) is 7.09. The second kappa shape index (κ2) is 5.33. The number of hydrogen-bond donors (Lipinski definition) is 1. The lowest BCUT2D eigenvalue weighted by Crippen LogP contribution is -2.61. The summed E-state index contributed by atoms with van der Waals surface area (Å²) in [7, 11) is 0. The van der Waals surface area contributed by atoms with Gasteiger partial charge < -0.3 is 10.1 Å². The Morgan fingerprint density at radius 3 is 2.40 bits per heavy atom. The SMILES string of the molecule is CC1(C(=O)NC2C3CC4CC(C3)CC2C4)Cc2ccccc2C(=O)O1. The van der Waals surface area contributed by atoms with Crippen molar-refractivity contribution in [1.29, 1.82) is 0 Å². The summed E-state index contributed by atoms with van der Waals surface area (Å²) in [4.78, 5) is 25.4. The number of fused-ring (bicyclic) bond motifs is 1. The first-order chi connectivity index (χ1) is 12.0. The molecule has 0 aromatic heterocycles. The lowest BCUT2D eigenvalue weighted by atomic mass is 9.54. The van der Waals surface area contributed by atoms with Crippen LogP contribution in [0, 0.1) is 23.7 Å². The topological polar surface area (TPSA) is 55.4 Å². The van der Waals surface area contributed by atoms with Crippen LogP contribution in [-0.4, -0.2) is 23.5 Å². The van der Waals surface area contributed by atoms with Crippen molar-refractivity contribution in [3.8, 4) is 0 Å². The number of nitrogens with one attached hydrogen (secondary N) is 1. The van der Waals surface area contributed by atoms with Crippen LogP contribution in [0.15, 0.2) is 24.3 Å². The molecule has 4 fully saturated rings. The lowest BCUT2D eigenvalue weighted by molar-refractivity contribution is -0.143. The van der Waals surface area contributed by atoms with E-state index in [1.54, 1.807) is 13.0 Å². The molecule has 132 valence electrons. The number of rotatable bonds is 2. The van der Waals surface area contributed by atoms with Crippen molar-refractivity contribution in [2.24, 2.45) is 23.7 Å². The summed E-state index contributed by atoms with van der Waals surface area (Å²) >= 11 is 0. The van der Waals surface area contributed by atoms with Crippen LogP contribution in [0.5, 0.6) is 0 Å². The largest absolute Gasteiger partial charge is 0.445 e. The summed E-state index contributed by atoms with van der Waals surface area (Å²) in [5, 5.41) is 3.31. The first kappa shape index (κ1) is 15.4. The van der Waals surface area contributed by atoms with E-state index in [9.17, 15) is 9.59 Å². The monoisotopic (exact) mass is 339 g/mol. The van der Waals surface area contributed by atoms with Crippen LogP contribution in [0.4, 0.5) is 0 Å². The number of ether oxygens (including phenoxy) is 1. The number of esters is 1. The first-order valence-corrected chi connectivity index (χ1v) is 9.64. The van der Waals surface area contributed by atoms with Crippen LogP contribution in [0.1, 0.15) is 54.9 Å². The Bertz CT molecular complexity index is 714. The van der Waals surface area contributed by atoms with Gasteiger partial charge in [-0.15, -0.1) is 0 Å². The summed E-state index contributed by atoms with van der Waals surface area (Å²) in [6, 6.07) is 7.70. The minimum atomic E-state index is -1.10. The van der Waals surface area contributed by atoms with E-state index in [-0.39, 0.29) is 17.9 Å².